The molecule has 0 saturated heterocycles. The maximum absolute atomic E-state index is 13.5. The molecule has 78 valence electrons. The molecule has 1 aromatic carbocycles. The van der Waals surface area contributed by atoms with Crippen LogP contribution in [-0.2, 0) is 0 Å². The fourth-order valence-electron chi connectivity index (χ4n) is 1.25. The van der Waals surface area contributed by atoms with Crippen LogP contribution in [0.4, 0.5) is 4.39 Å². The van der Waals surface area contributed by atoms with E-state index in [2.05, 4.69) is 5.32 Å². The summed E-state index contributed by atoms with van der Waals surface area (Å²) in [5.41, 5.74) is 0.249. The molecule has 0 aliphatic rings. The molecule has 2 N–H and O–H groups in total. The Morgan fingerprint density at radius 1 is 1.57 bits per heavy atom. The van der Waals surface area contributed by atoms with Crippen molar-refractivity contribution in [2.75, 3.05) is 20.7 Å². The molecule has 0 radical (unpaired) electrons. The van der Waals surface area contributed by atoms with E-state index in [0.717, 1.165) is 0 Å². The van der Waals surface area contributed by atoms with Crippen LogP contribution in [0.3, 0.4) is 0 Å². The summed E-state index contributed by atoms with van der Waals surface area (Å²) in [5.74, 6) is -0.351. The predicted molar refractivity (Wildman–Crippen MR) is 51.8 cm³/mol. The summed E-state index contributed by atoms with van der Waals surface area (Å²) >= 11 is 0. The van der Waals surface area contributed by atoms with Gasteiger partial charge in [0.1, 0.15) is 0 Å². The van der Waals surface area contributed by atoms with Gasteiger partial charge in [-0.05, 0) is 13.1 Å². The van der Waals surface area contributed by atoms with Crippen molar-refractivity contribution >= 4 is 0 Å². The molecule has 4 heteroatoms. The van der Waals surface area contributed by atoms with Crippen molar-refractivity contribution in [3.8, 4) is 5.75 Å². The second-order valence-electron chi connectivity index (χ2n) is 2.94. The summed E-state index contributed by atoms with van der Waals surface area (Å²) in [6, 6.07) is 4.71. The third-order valence-electron chi connectivity index (χ3n) is 1.97. The Morgan fingerprint density at radius 2 is 2.29 bits per heavy atom. The Balaban J connectivity index is 2.96. The highest BCUT2D eigenvalue weighted by Crippen LogP contribution is 2.24. The number of aliphatic hydroxyl groups is 1. The van der Waals surface area contributed by atoms with Crippen molar-refractivity contribution in [2.45, 2.75) is 6.10 Å². The largest absolute Gasteiger partial charge is 0.494 e. The van der Waals surface area contributed by atoms with E-state index in [1.807, 2.05) is 0 Å². The van der Waals surface area contributed by atoms with Crippen LogP contribution in [0.25, 0.3) is 0 Å². The molecule has 0 aliphatic carbocycles. The Bertz CT molecular complexity index is 304. The van der Waals surface area contributed by atoms with Gasteiger partial charge in [0.25, 0.3) is 0 Å². The quantitative estimate of drug-likeness (QED) is 0.762. The van der Waals surface area contributed by atoms with Crippen molar-refractivity contribution in [2.24, 2.45) is 0 Å². The Morgan fingerprint density at radius 3 is 2.86 bits per heavy atom. The van der Waals surface area contributed by atoms with Gasteiger partial charge < -0.3 is 15.2 Å². The number of nitrogens with one attached hydrogen (secondary N) is 1. The second-order valence-corrected chi connectivity index (χ2v) is 2.94. The number of methoxy groups -OCH3 is 1. The van der Waals surface area contributed by atoms with Gasteiger partial charge in [0.2, 0.25) is 0 Å². The molecule has 0 aliphatic heterocycles. The first-order chi connectivity index (χ1) is 6.70. The van der Waals surface area contributed by atoms with Crippen molar-refractivity contribution in [3.63, 3.8) is 0 Å². The van der Waals surface area contributed by atoms with Gasteiger partial charge in [0.05, 0.1) is 13.2 Å². The molecule has 0 amide bonds. The van der Waals surface area contributed by atoms with Crippen LogP contribution in [0.5, 0.6) is 5.75 Å². The van der Waals surface area contributed by atoms with Gasteiger partial charge in [-0.2, -0.15) is 0 Å². The Labute approximate surface area is 82.5 Å². The summed E-state index contributed by atoms with van der Waals surface area (Å²) in [4.78, 5) is 0. The average Bonchev–Trinajstić information content (AvgIpc) is 2.18. The lowest BCUT2D eigenvalue weighted by atomic mass is 10.1. The van der Waals surface area contributed by atoms with Crippen LogP contribution in [0.15, 0.2) is 18.2 Å². The highest BCUT2D eigenvalue weighted by Gasteiger charge is 2.14. The number of rotatable bonds is 4. The first-order valence-corrected chi connectivity index (χ1v) is 4.35. The van der Waals surface area contributed by atoms with Crippen LogP contribution in [0, 0.1) is 5.82 Å². The Kier molecular flexibility index (Phi) is 3.85. The zero-order chi connectivity index (χ0) is 10.6. The van der Waals surface area contributed by atoms with Crippen LogP contribution >= 0.6 is 0 Å². The molecule has 0 bridgehead atoms. The van der Waals surface area contributed by atoms with Gasteiger partial charge >= 0.3 is 0 Å². The summed E-state index contributed by atoms with van der Waals surface area (Å²) < 4.78 is 18.3. The molecule has 0 fully saturated rings. The van der Waals surface area contributed by atoms with Crippen molar-refractivity contribution in [1.29, 1.82) is 0 Å². The van der Waals surface area contributed by atoms with E-state index in [0.29, 0.717) is 6.54 Å². The number of aliphatic hydroxyl groups excluding tert-OH is 1. The molecule has 1 atom stereocenters. The first-order valence-electron chi connectivity index (χ1n) is 4.35. The second kappa shape index (κ2) is 4.93. The van der Waals surface area contributed by atoms with E-state index in [9.17, 15) is 9.50 Å². The van der Waals surface area contributed by atoms with E-state index in [-0.39, 0.29) is 11.3 Å². The zero-order valence-corrected chi connectivity index (χ0v) is 8.25. The van der Waals surface area contributed by atoms with Crippen LogP contribution in [-0.4, -0.2) is 25.8 Å². The van der Waals surface area contributed by atoms with Gasteiger partial charge in [-0.1, -0.05) is 12.1 Å². The monoisotopic (exact) mass is 199 g/mol. The minimum Gasteiger partial charge on any atom is -0.494 e. The van der Waals surface area contributed by atoms with E-state index in [1.165, 1.54) is 13.2 Å². The van der Waals surface area contributed by atoms with Crippen LogP contribution in [0.1, 0.15) is 11.7 Å². The molecule has 0 spiro atoms. The topological polar surface area (TPSA) is 41.5 Å². The standard InChI is InChI=1S/C10H14FNO2/c1-12-6-8(13)7-4-3-5-9(14-2)10(7)11/h3-5,8,12-13H,6H2,1-2H3. The van der Waals surface area contributed by atoms with Crippen LogP contribution < -0.4 is 10.1 Å². The number of halogens is 1. The molecule has 0 aromatic heterocycles. The SMILES string of the molecule is CNCC(O)c1cccc(OC)c1F. The van der Waals surface area contributed by atoms with Gasteiger partial charge in [0, 0.05) is 12.1 Å². The molecule has 3 nitrogen and oxygen atoms in total. The van der Waals surface area contributed by atoms with E-state index < -0.39 is 11.9 Å². The molecule has 14 heavy (non-hydrogen) atoms. The van der Waals surface area contributed by atoms with E-state index in [4.69, 9.17) is 4.74 Å². The molecule has 1 unspecified atom stereocenters. The number of ether oxygens (including phenoxy) is 1. The normalized spacial score (nSPS) is 12.6. The van der Waals surface area contributed by atoms with Crippen molar-refractivity contribution in [1.82, 2.24) is 5.32 Å². The van der Waals surface area contributed by atoms with Crippen molar-refractivity contribution < 1.29 is 14.2 Å². The van der Waals surface area contributed by atoms with E-state index in [1.54, 1.807) is 19.2 Å². The Hall–Kier alpha value is -1.13. The smallest absolute Gasteiger partial charge is 0.170 e. The molecule has 0 saturated carbocycles. The first kappa shape index (κ1) is 10.9. The fraction of sp³-hybridized carbons (Fsp3) is 0.400. The lowest BCUT2D eigenvalue weighted by Crippen LogP contribution is -2.17. The minimum atomic E-state index is -0.852. The van der Waals surface area contributed by atoms with Gasteiger partial charge in [-0.25, -0.2) is 4.39 Å². The summed E-state index contributed by atoms with van der Waals surface area (Å²) in [5, 5.41) is 12.3. The summed E-state index contributed by atoms with van der Waals surface area (Å²) in [7, 11) is 3.09. The maximum atomic E-state index is 13.5. The molecule has 1 aromatic rings. The molecular formula is C10H14FNO2. The fourth-order valence-corrected chi connectivity index (χ4v) is 1.25. The molecule has 0 heterocycles. The highest BCUT2D eigenvalue weighted by molar-refractivity contribution is 5.32. The third kappa shape index (κ3) is 2.21. The van der Waals surface area contributed by atoms with E-state index >= 15 is 0 Å². The van der Waals surface area contributed by atoms with Gasteiger partial charge in [-0.15, -0.1) is 0 Å². The average molecular weight is 199 g/mol. The van der Waals surface area contributed by atoms with Crippen molar-refractivity contribution in [3.05, 3.63) is 29.6 Å². The predicted octanol–water partition coefficient (Wildman–Crippen LogP) is 1.09. The number of hydrogen-bond donors (Lipinski definition) is 2. The van der Waals surface area contributed by atoms with Gasteiger partial charge in [0.15, 0.2) is 11.6 Å². The maximum Gasteiger partial charge on any atom is 0.170 e. The molecule has 1 rings (SSSR count). The highest BCUT2D eigenvalue weighted by atomic mass is 19.1. The molecular weight excluding hydrogens is 185 g/mol. The number of hydrogen-bond acceptors (Lipinski definition) is 3. The minimum absolute atomic E-state index is 0.151. The summed E-state index contributed by atoms with van der Waals surface area (Å²) in [6.07, 6.45) is -0.852. The third-order valence-corrected chi connectivity index (χ3v) is 1.97. The lowest BCUT2D eigenvalue weighted by Gasteiger charge is -2.12. The number of likely N-dealkylation sites (N-methyl/N-ethyl adjacent to an activating group) is 1. The number of benzene rings is 1. The lowest BCUT2D eigenvalue weighted by molar-refractivity contribution is 0.172. The van der Waals surface area contributed by atoms with Crippen LogP contribution in [0.2, 0.25) is 0 Å². The summed E-state index contributed by atoms with van der Waals surface area (Å²) in [6.45, 7) is 0.310. The zero-order valence-electron chi connectivity index (χ0n) is 8.25. The van der Waals surface area contributed by atoms with Gasteiger partial charge in [-0.3, -0.25) is 0 Å².